The van der Waals surface area contributed by atoms with Crippen LogP contribution in [0.15, 0.2) is 60.4 Å². The summed E-state index contributed by atoms with van der Waals surface area (Å²) in [6, 6.07) is 2.73. The predicted octanol–water partition coefficient (Wildman–Crippen LogP) is 4.43. The van der Waals surface area contributed by atoms with E-state index in [1.807, 2.05) is 12.2 Å². The van der Waals surface area contributed by atoms with Gasteiger partial charge in [0.15, 0.2) is 0 Å². The third-order valence-electron chi connectivity index (χ3n) is 3.81. The van der Waals surface area contributed by atoms with E-state index in [1.54, 1.807) is 6.20 Å². The first-order valence-corrected chi connectivity index (χ1v) is 10.6. The molecule has 1 aromatic carbocycles. The number of amides is 1. The first-order valence-electron chi connectivity index (χ1n) is 7.95. The molecule has 1 aliphatic heterocycles. The van der Waals surface area contributed by atoms with Crippen molar-refractivity contribution in [3.8, 4) is 0 Å². The second-order valence-electron chi connectivity index (χ2n) is 5.96. The van der Waals surface area contributed by atoms with Crippen LogP contribution in [0.3, 0.4) is 0 Å². The van der Waals surface area contributed by atoms with Crippen LogP contribution in [0.25, 0.3) is 0 Å². The highest BCUT2D eigenvalue weighted by atomic mass is 35.5. The number of benzene rings is 1. The number of nitrogens with zero attached hydrogens (tertiary/aromatic N) is 1. The Kier molecular flexibility index (Phi) is 5.64. The van der Waals surface area contributed by atoms with Gasteiger partial charge < -0.3 is 4.74 Å². The molecule has 0 unspecified atom stereocenters. The number of carbonyl (C=O) groups is 1. The lowest BCUT2D eigenvalue weighted by Gasteiger charge is -2.22. The second kappa shape index (κ2) is 7.80. The van der Waals surface area contributed by atoms with Crippen molar-refractivity contribution in [2.45, 2.75) is 12.8 Å². The van der Waals surface area contributed by atoms with Gasteiger partial charge in [-0.1, -0.05) is 41.4 Å². The molecule has 27 heavy (non-hydrogen) atoms. The summed E-state index contributed by atoms with van der Waals surface area (Å²) in [6.45, 7) is 0. The standard InChI is InChI=1S/C18H16Cl2N2O4S/c1-27(24,25)21-17-14(19)9-13(10-15(17)20)18(23)22-7-8-26-16(11-22)12-5-3-2-4-6-12/h2-3,5,7-11,21H,4,6H2,1H3. The fourth-order valence-corrected chi connectivity index (χ4v) is 3.87. The van der Waals surface area contributed by atoms with Crippen molar-refractivity contribution in [2.75, 3.05) is 11.0 Å². The van der Waals surface area contributed by atoms with Gasteiger partial charge in [0.2, 0.25) is 10.0 Å². The zero-order valence-electron chi connectivity index (χ0n) is 14.3. The number of anilines is 1. The molecular formula is C18H16Cl2N2O4S. The second-order valence-corrected chi connectivity index (χ2v) is 8.52. The maximum absolute atomic E-state index is 12.8. The van der Waals surface area contributed by atoms with Crippen LogP contribution in [-0.2, 0) is 14.8 Å². The van der Waals surface area contributed by atoms with Crippen LogP contribution < -0.4 is 4.72 Å². The van der Waals surface area contributed by atoms with Gasteiger partial charge in [0.25, 0.3) is 5.91 Å². The van der Waals surface area contributed by atoms with Gasteiger partial charge in [0.1, 0.15) is 12.0 Å². The number of halogens is 2. The number of ether oxygens (including phenoxy) is 1. The quantitative estimate of drug-likeness (QED) is 0.772. The number of carbonyl (C=O) groups excluding carboxylic acids is 1. The summed E-state index contributed by atoms with van der Waals surface area (Å²) in [5.41, 5.74) is 1.23. The Bertz CT molecular complexity index is 987. The Labute approximate surface area is 167 Å². The molecule has 0 bridgehead atoms. The van der Waals surface area contributed by atoms with Crippen molar-refractivity contribution in [3.05, 3.63) is 76.0 Å². The van der Waals surface area contributed by atoms with Gasteiger partial charge in [-0.25, -0.2) is 8.42 Å². The summed E-state index contributed by atoms with van der Waals surface area (Å²) in [5.74, 6) is 0.205. The van der Waals surface area contributed by atoms with Gasteiger partial charge in [0, 0.05) is 11.8 Å². The monoisotopic (exact) mass is 426 g/mol. The van der Waals surface area contributed by atoms with E-state index in [2.05, 4.69) is 10.8 Å². The first kappa shape index (κ1) is 19.5. The molecule has 2 aliphatic rings. The van der Waals surface area contributed by atoms with Crippen LogP contribution in [0, 0.1) is 0 Å². The molecule has 0 saturated heterocycles. The van der Waals surface area contributed by atoms with E-state index in [0.717, 1.165) is 24.7 Å². The fourth-order valence-electron chi connectivity index (χ4n) is 2.59. The maximum Gasteiger partial charge on any atom is 0.262 e. The Hall–Kier alpha value is -2.22. The van der Waals surface area contributed by atoms with Crippen molar-refractivity contribution < 1.29 is 17.9 Å². The minimum atomic E-state index is -3.56. The molecule has 0 atom stereocenters. The van der Waals surface area contributed by atoms with Gasteiger partial charge in [-0.15, -0.1) is 0 Å². The molecular weight excluding hydrogens is 411 g/mol. The lowest BCUT2D eigenvalue weighted by atomic mass is 10.0. The number of allylic oxidation sites excluding steroid dienone is 4. The Morgan fingerprint density at radius 1 is 1.26 bits per heavy atom. The molecule has 9 heteroatoms. The van der Waals surface area contributed by atoms with Gasteiger partial charge in [-0.05, 0) is 30.5 Å². The smallest absolute Gasteiger partial charge is 0.262 e. The number of nitrogens with one attached hydrogen (secondary N) is 1. The zero-order chi connectivity index (χ0) is 19.6. The van der Waals surface area contributed by atoms with E-state index in [-0.39, 0.29) is 27.2 Å². The normalized spacial score (nSPS) is 16.5. The molecule has 1 amide bonds. The lowest BCUT2D eigenvalue weighted by Crippen LogP contribution is -2.23. The largest absolute Gasteiger partial charge is 0.462 e. The van der Waals surface area contributed by atoms with Crippen LogP contribution in [0.1, 0.15) is 23.2 Å². The Morgan fingerprint density at radius 3 is 2.56 bits per heavy atom. The van der Waals surface area contributed by atoms with Crippen molar-refractivity contribution in [3.63, 3.8) is 0 Å². The summed E-state index contributed by atoms with van der Waals surface area (Å²) in [5, 5.41) is 0.0516. The summed E-state index contributed by atoms with van der Waals surface area (Å²) >= 11 is 12.2. The Morgan fingerprint density at radius 2 is 1.96 bits per heavy atom. The number of hydrogen-bond donors (Lipinski definition) is 1. The van der Waals surface area contributed by atoms with Crippen LogP contribution in [0.2, 0.25) is 10.0 Å². The van der Waals surface area contributed by atoms with E-state index < -0.39 is 10.0 Å². The molecule has 142 valence electrons. The SMILES string of the molecule is CS(=O)(=O)Nc1c(Cl)cc(C(=O)N2C=COC(C3=CC=CCC3)=C2)cc1Cl. The zero-order valence-corrected chi connectivity index (χ0v) is 16.6. The summed E-state index contributed by atoms with van der Waals surface area (Å²) in [7, 11) is -3.56. The van der Waals surface area contributed by atoms with Gasteiger partial charge in [0.05, 0.1) is 28.2 Å². The minimum Gasteiger partial charge on any atom is -0.462 e. The molecule has 0 spiro atoms. The van der Waals surface area contributed by atoms with Crippen LogP contribution in [-0.4, -0.2) is 25.5 Å². The average Bonchev–Trinajstić information content (AvgIpc) is 2.64. The number of hydrogen-bond acceptors (Lipinski definition) is 4. The van der Waals surface area contributed by atoms with Crippen LogP contribution in [0.5, 0.6) is 0 Å². The van der Waals surface area contributed by atoms with E-state index >= 15 is 0 Å². The van der Waals surface area contributed by atoms with Crippen molar-refractivity contribution >= 4 is 44.8 Å². The molecule has 1 aliphatic carbocycles. The number of sulfonamides is 1. The van der Waals surface area contributed by atoms with E-state index in [4.69, 9.17) is 27.9 Å². The van der Waals surface area contributed by atoms with Crippen LogP contribution >= 0.6 is 23.2 Å². The van der Waals surface area contributed by atoms with E-state index in [0.29, 0.717) is 5.76 Å². The van der Waals surface area contributed by atoms with Crippen molar-refractivity contribution in [1.29, 1.82) is 0 Å². The molecule has 0 saturated carbocycles. The van der Waals surface area contributed by atoms with Crippen molar-refractivity contribution in [2.24, 2.45) is 0 Å². The van der Waals surface area contributed by atoms with Gasteiger partial charge >= 0.3 is 0 Å². The number of rotatable bonds is 4. The highest BCUT2D eigenvalue weighted by molar-refractivity contribution is 7.92. The van der Waals surface area contributed by atoms with Crippen molar-refractivity contribution in [1.82, 2.24) is 4.90 Å². The lowest BCUT2D eigenvalue weighted by molar-refractivity contribution is 0.0855. The Balaban J connectivity index is 1.88. The summed E-state index contributed by atoms with van der Waals surface area (Å²) in [6.07, 6.45) is 13.2. The highest BCUT2D eigenvalue weighted by Gasteiger charge is 2.21. The molecule has 1 heterocycles. The predicted molar refractivity (Wildman–Crippen MR) is 106 cm³/mol. The maximum atomic E-state index is 12.8. The molecule has 3 rings (SSSR count). The van der Waals surface area contributed by atoms with E-state index in [1.165, 1.54) is 29.5 Å². The molecule has 0 aromatic heterocycles. The molecule has 0 radical (unpaired) electrons. The summed E-state index contributed by atoms with van der Waals surface area (Å²) in [4.78, 5) is 14.2. The summed E-state index contributed by atoms with van der Waals surface area (Å²) < 4.78 is 30.6. The topological polar surface area (TPSA) is 75.7 Å². The minimum absolute atomic E-state index is 0.0258. The van der Waals surface area contributed by atoms with Gasteiger partial charge in [-0.3, -0.25) is 14.4 Å². The molecule has 1 aromatic rings. The van der Waals surface area contributed by atoms with Gasteiger partial charge in [-0.2, -0.15) is 0 Å². The van der Waals surface area contributed by atoms with Crippen LogP contribution in [0.4, 0.5) is 5.69 Å². The fraction of sp³-hybridized carbons (Fsp3) is 0.167. The van der Waals surface area contributed by atoms with E-state index in [9.17, 15) is 13.2 Å². The highest BCUT2D eigenvalue weighted by Crippen LogP contribution is 2.33. The molecule has 0 fully saturated rings. The molecule has 1 N–H and O–H groups in total. The molecule has 6 nitrogen and oxygen atoms in total. The third kappa shape index (κ3) is 4.74. The average molecular weight is 427 g/mol. The first-order chi connectivity index (χ1) is 12.7. The third-order valence-corrected chi connectivity index (χ3v) is 4.99.